The van der Waals surface area contributed by atoms with Gasteiger partial charge < -0.3 is 9.80 Å². The lowest BCUT2D eigenvalue weighted by Crippen LogP contribution is -2.49. The second kappa shape index (κ2) is 7.27. The van der Waals surface area contributed by atoms with Crippen molar-refractivity contribution < 1.29 is 14.0 Å². The van der Waals surface area contributed by atoms with Gasteiger partial charge in [0.15, 0.2) is 0 Å². The van der Waals surface area contributed by atoms with Crippen molar-refractivity contribution in [3.05, 3.63) is 70.7 Å². The number of benzene rings is 2. The van der Waals surface area contributed by atoms with Gasteiger partial charge in [-0.2, -0.15) is 0 Å². The van der Waals surface area contributed by atoms with E-state index in [0.717, 1.165) is 59.2 Å². The Labute approximate surface area is 191 Å². The number of hydrogen-bond donors (Lipinski definition) is 1. The van der Waals surface area contributed by atoms with E-state index in [4.69, 9.17) is 4.98 Å². The van der Waals surface area contributed by atoms with Crippen LogP contribution in [0.4, 0.5) is 14.9 Å². The summed E-state index contributed by atoms with van der Waals surface area (Å²) in [5.41, 5.74) is 5.57. The Morgan fingerprint density at radius 2 is 1.94 bits per heavy atom. The molecule has 1 spiro atoms. The van der Waals surface area contributed by atoms with Gasteiger partial charge in [0, 0.05) is 31.1 Å². The first-order valence-electron chi connectivity index (χ1n) is 11.5. The van der Waals surface area contributed by atoms with Crippen LogP contribution in [0, 0.1) is 5.82 Å². The molecule has 33 heavy (non-hydrogen) atoms. The van der Waals surface area contributed by atoms with Crippen molar-refractivity contribution in [3.8, 4) is 0 Å². The predicted molar refractivity (Wildman–Crippen MR) is 124 cm³/mol. The normalized spacial score (nSPS) is 22.0. The van der Waals surface area contributed by atoms with Crippen LogP contribution in [-0.4, -0.2) is 41.0 Å². The summed E-state index contributed by atoms with van der Waals surface area (Å²) in [5, 5.41) is 3.52. The van der Waals surface area contributed by atoms with E-state index in [1.54, 1.807) is 18.0 Å². The SMILES string of the molecule is CN1C(=O)NC(=O)C12CCCc1cc3nc(CN4CCc5cc(F)ccc54)ccc3cc1C2. The van der Waals surface area contributed by atoms with Gasteiger partial charge >= 0.3 is 6.03 Å². The van der Waals surface area contributed by atoms with Crippen LogP contribution in [0.2, 0.25) is 0 Å². The molecular weight excluding hydrogens is 419 g/mol. The maximum Gasteiger partial charge on any atom is 0.324 e. The molecule has 0 bridgehead atoms. The largest absolute Gasteiger partial charge is 0.365 e. The zero-order valence-corrected chi connectivity index (χ0v) is 18.5. The van der Waals surface area contributed by atoms with Crippen molar-refractivity contribution in [1.29, 1.82) is 0 Å². The number of nitrogens with one attached hydrogen (secondary N) is 1. The lowest BCUT2D eigenvalue weighted by Gasteiger charge is -2.31. The first-order chi connectivity index (χ1) is 15.9. The summed E-state index contributed by atoms with van der Waals surface area (Å²) in [6, 6.07) is 13.1. The number of likely N-dealkylation sites (N-methyl/N-ethyl adjacent to an activating group) is 1. The molecule has 3 amide bonds. The Kier molecular flexibility index (Phi) is 4.44. The molecule has 6 nitrogen and oxygen atoms in total. The van der Waals surface area contributed by atoms with Crippen LogP contribution < -0.4 is 10.2 Å². The fourth-order valence-corrected chi connectivity index (χ4v) is 5.69. The number of aromatic nitrogens is 1. The van der Waals surface area contributed by atoms with Crippen LogP contribution in [0.25, 0.3) is 10.9 Å². The van der Waals surface area contributed by atoms with Gasteiger partial charge in [0.05, 0.1) is 17.8 Å². The molecule has 3 aliphatic rings. The summed E-state index contributed by atoms with van der Waals surface area (Å²) in [5.74, 6) is -0.380. The number of hydrogen-bond acceptors (Lipinski definition) is 4. The number of urea groups is 1. The number of halogens is 1. The van der Waals surface area contributed by atoms with Crippen molar-refractivity contribution in [1.82, 2.24) is 15.2 Å². The third-order valence-corrected chi connectivity index (χ3v) is 7.56. The molecule has 6 rings (SSSR count). The molecule has 2 aliphatic heterocycles. The van der Waals surface area contributed by atoms with Gasteiger partial charge in [0.1, 0.15) is 11.4 Å². The molecule has 1 aromatic heterocycles. The number of imide groups is 1. The average molecular weight is 445 g/mol. The second-order valence-electron chi connectivity index (χ2n) is 9.44. The molecular formula is C26H25FN4O2. The monoisotopic (exact) mass is 444 g/mol. The molecule has 3 heterocycles. The Morgan fingerprint density at radius 3 is 2.76 bits per heavy atom. The number of rotatable bonds is 2. The van der Waals surface area contributed by atoms with Crippen LogP contribution in [0.15, 0.2) is 42.5 Å². The number of carbonyl (C=O) groups is 2. The quantitative estimate of drug-likeness (QED) is 0.612. The third kappa shape index (κ3) is 3.17. The highest BCUT2D eigenvalue weighted by Crippen LogP contribution is 2.36. The lowest BCUT2D eigenvalue weighted by molar-refractivity contribution is -0.126. The molecule has 0 saturated carbocycles. The second-order valence-corrected chi connectivity index (χ2v) is 9.44. The molecule has 1 fully saturated rings. The van der Waals surface area contributed by atoms with Crippen LogP contribution in [-0.2, 0) is 30.6 Å². The lowest BCUT2D eigenvalue weighted by atomic mass is 9.86. The fraction of sp³-hybridized carbons (Fsp3) is 0.346. The van der Waals surface area contributed by atoms with E-state index in [1.165, 1.54) is 11.6 Å². The number of aryl methyl sites for hydroxylation is 1. The maximum absolute atomic E-state index is 13.5. The Bertz CT molecular complexity index is 1320. The van der Waals surface area contributed by atoms with Gasteiger partial charge in [-0.25, -0.2) is 9.18 Å². The van der Waals surface area contributed by atoms with Crippen molar-refractivity contribution in [2.45, 2.75) is 44.2 Å². The fourth-order valence-electron chi connectivity index (χ4n) is 5.69. The van der Waals surface area contributed by atoms with Gasteiger partial charge in [-0.05, 0) is 78.8 Å². The number of pyridine rings is 1. The van der Waals surface area contributed by atoms with E-state index in [2.05, 4.69) is 28.4 Å². The maximum atomic E-state index is 13.5. The molecule has 3 aromatic rings. The molecule has 1 aliphatic carbocycles. The zero-order chi connectivity index (χ0) is 22.7. The summed E-state index contributed by atoms with van der Waals surface area (Å²) in [7, 11) is 1.71. The molecule has 1 atom stereocenters. The van der Waals surface area contributed by atoms with E-state index in [0.29, 0.717) is 19.4 Å². The molecule has 168 valence electrons. The molecule has 2 aromatic carbocycles. The minimum Gasteiger partial charge on any atom is -0.365 e. The minimum absolute atomic E-state index is 0.187. The summed E-state index contributed by atoms with van der Waals surface area (Å²) >= 11 is 0. The van der Waals surface area contributed by atoms with Gasteiger partial charge in [0.2, 0.25) is 0 Å². The van der Waals surface area contributed by atoms with E-state index < -0.39 is 5.54 Å². The zero-order valence-electron chi connectivity index (χ0n) is 18.5. The molecule has 1 unspecified atom stereocenters. The first-order valence-corrected chi connectivity index (χ1v) is 11.5. The number of fused-ring (bicyclic) bond motifs is 3. The smallest absolute Gasteiger partial charge is 0.324 e. The Balaban J connectivity index is 1.31. The van der Waals surface area contributed by atoms with Crippen molar-refractivity contribution in [2.24, 2.45) is 0 Å². The van der Waals surface area contributed by atoms with E-state index in [1.807, 2.05) is 12.1 Å². The van der Waals surface area contributed by atoms with Gasteiger partial charge in [-0.1, -0.05) is 6.07 Å². The minimum atomic E-state index is -0.800. The summed E-state index contributed by atoms with van der Waals surface area (Å²) in [4.78, 5) is 33.6. The average Bonchev–Trinajstić information content (AvgIpc) is 3.18. The van der Waals surface area contributed by atoms with Gasteiger partial charge in [-0.3, -0.25) is 15.1 Å². The van der Waals surface area contributed by atoms with Crippen molar-refractivity contribution >= 4 is 28.5 Å². The molecule has 7 heteroatoms. The molecule has 1 N–H and O–H groups in total. The Hall–Kier alpha value is -3.48. The van der Waals surface area contributed by atoms with Crippen molar-refractivity contribution in [2.75, 3.05) is 18.5 Å². The predicted octanol–water partition coefficient (Wildman–Crippen LogP) is 3.74. The summed E-state index contributed by atoms with van der Waals surface area (Å²) in [6.07, 6.45) is 3.72. The molecule has 1 saturated heterocycles. The van der Waals surface area contributed by atoms with Crippen molar-refractivity contribution in [3.63, 3.8) is 0 Å². The Morgan fingerprint density at radius 1 is 1.06 bits per heavy atom. The number of carbonyl (C=O) groups excluding carboxylic acids is 2. The highest BCUT2D eigenvalue weighted by molar-refractivity contribution is 6.07. The molecule has 0 radical (unpaired) electrons. The number of anilines is 1. The van der Waals surface area contributed by atoms with Crippen LogP contribution in [0.5, 0.6) is 0 Å². The standard InChI is InChI=1S/C26H25FN4O2/c1-30-25(33)29-24(32)26(30)9-2-3-16-13-22-17(11-19(16)14-26)4-6-21(28-22)15-31-10-8-18-12-20(27)5-7-23(18)31/h4-7,11-13H,2-3,8-10,14-15H2,1H3,(H,29,32,33). The summed E-state index contributed by atoms with van der Waals surface area (Å²) in [6.45, 7) is 1.54. The number of nitrogens with zero attached hydrogens (tertiary/aromatic N) is 3. The van der Waals surface area contributed by atoms with Gasteiger partial charge in [-0.15, -0.1) is 0 Å². The van der Waals surface area contributed by atoms with Crippen LogP contribution in [0.3, 0.4) is 0 Å². The van der Waals surface area contributed by atoms with E-state index in [-0.39, 0.29) is 17.8 Å². The summed E-state index contributed by atoms with van der Waals surface area (Å²) < 4.78 is 13.5. The van der Waals surface area contributed by atoms with E-state index >= 15 is 0 Å². The third-order valence-electron chi connectivity index (χ3n) is 7.56. The van der Waals surface area contributed by atoms with Crippen LogP contribution in [0.1, 0.15) is 35.2 Å². The van der Waals surface area contributed by atoms with Gasteiger partial charge in [0.25, 0.3) is 5.91 Å². The first kappa shape index (κ1) is 20.1. The van der Waals surface area contributed by atoms with Crippen LogP contribution >= 0.6 is 0 Å². The topological polar surface area (TPSA) is 65.5 Å². The van der Waals surface area contributed by atoms with E-state index in [9.17, 15) is 14.0 Å². The highest BCUT2D eigenvalue weighted by atomic mass is 19.1. The number of amides is 3. The highest BCUT2D eigenvalue weighted by Gasteiger charge is 2.51.